The van der Waals surface area contributed by atoms with Crippen LogP contribution in [0.5, 0.6) is 17.2 Å². The minimum absolute atomic E-state index is 0.0376. The van der Waals surface area contributed by atoms with Gasteiger partial charge in [0.15, 0.2) is 17.3 Å². The summed E-state index contributed by atoms with van der Waals surface area (Å²) in [7, 11) is 4.38. The van der Waals surface area contributed by atoms with Gasteiger partial charge in [0.2, 0.25) is 11.7 Å². The van der Waals surface area contributed by atoms with E-state index in [1.807, 2.05) is 0 Å². The van der Waals surface area contributed by atoms with Gasteiger partial charge in [-0.25, -0.2) is 4.39 Å². The molecule has 2 aromatic carbocycles. The zero-order chi connectivity index (χ0) is 25.7. The zero-order valence-electron chi connectivity index (χ0n) is 20.5. The minimum Gasteiger partial charge on any atom is -0.493 e. The van der Waals surface area contributed by atoms with Crippen LogP contribution >= 0.6 is 0 Å². The third-order valence-electron chi connectivity index (χ3n) is 6.27. The number of nitrogens with one attached hydrogen (secondary N) is 1. The van der Waals surface area contributed by atoms with Crippen LogP contribution in [0.1, 0.15) is 47.8 Å². The summed E-state index contributed by atoms with van der Waals surface area (Å²) >= 11 is 0. The Labute approximate surface area is 208 Å². The summed E-state index contributed by atoms with van der Waals surface area (Å²) in [4.78, 5) is 28.7. The Morgan fingerprint density at radius 2 is 1.67 bits per heavy atom. The molecule has 2 amide bonds. The van der Waals surface area contributed by atoms with Gasteiger partial charge in [-0.3, -0.25) is 14.5 Å². The SMILES string of the molecule is COc1cc(C(C(=O)NC2CCCC2)N(C(=O)c2ccco2)c2ccccc2F)cc(OC)c1OC. The molecule has 1 aliphatic carbocycles. The number of carbonyl (C=O) groups is 2. The molecule has 0 radical (unpaired) electrons. The van der Waals surface area contributed by atoms with Crippen molar-refractivity contribution in [3.05, 3.63) is 71.9 Å². The lowest BCUT2D eigenvalue weighted by atomic mass is 10.0. The van der Waals surface area contributed by atoms with E-state index in [2.05, 4.69) is 5.32 Å². The number of para-hydroxylation sites is 1. The fourth-order valence-electron chi connectivity index (χ4n) is 4.56. The number of anilines is 1. The van der Waals surface area contributed by atoms with E-state index in [1.165, 1.54) is 51.9 Å². The van der Waals surface area contributed by atoms with Crippen LogP contribution in [0.25, 0.3) is 0 Å². The third-order valence-corrected chi connectivity index (χ3v) is 6.27. The highest BCUT2D eigenvalue weighted by Crippen LogP contribution is 2.42. The van der Waals surface area contributed by atoms with Crippen LogP contribution in [-0.2, 0) is 4.79 Å². The van der Waals surface area contributed by atoms with Crippen molar-refractivity contribution in [3.8, 4) is 17.2 Å². The molecule has 0 aliphatic heterocycles. The monoisotopic (exact) mass is 496 g/mol. The average Bonchev–Trinajstić information content (AvgIpc) is 3.61. The first-order valence-corrected chi connectivity index (χ1v) is 11.7. The molecule has 3 aromatic rings. The largest absolute Gasteiger partial charge is 0.493 e. The summed E-state index contributed by atoms with van der Waals surface area (Å²) in [6, 6.07) is 10.7. The number of hydrogen-bond acceptors (Lipinski definition) is 6. The van der Waals surface area contributed by atoms with Gasteiger partial charge in [-0.15, -0.1) is 0 Å². The van der Waals surface area contributed by atoms with Crippen LogP contribution in [0, 0.1) is 5.82 Å². The number of rotatable bonds is 9. The van der Waals surface area contributed by atoms with Crippen LogP contribution < -0.4 is 24.4 Å². The maximum absolute atomic E-state index is 15.2. The topological polar surface area (TPSA) is 90.2 Å². The van der Waals surface area contributed by atoms with Crippen LogP contribution in [0.15, 0.2) is 59.2 Å². The van der Waals surface area contributed by atoms with Gasteiger partial charge in [-0.2, -0.15) is 0 Å². The average molecular weight is 497 g/mol. The molecule has 0 bridgehead atoms. The Hall–Kier alpha value is -4.01. The molecular formula is C27H29FN2O6. The third kappa shape index (κ3) is 5.00. The molecule has 1 N–H and O–H groups in total. The summed E-state index contributed by atoms with van der Waals surface area (Å²) in [5.41, 5.74) is 0.280. The van der Waals surface area contributed by atoms with Crippen molar-refractivity contribution in [2.45, 2.75) is 37.8 Å². The van der Waals surface area contributed by atoms with E-state index in [0.29, 0.717) is 22.8 Å². The molecule has 1 saturated carbocycles. The van der Waals surface area contributed by atoms with Crippen LogP contribution in [0.3, 0.4) is 0 Å². The van der Waals surface area contributed by atoms with Crippen molar-refractivity contribution in [1.82, 2.24) is 5.32 Å². The maximum Gasteiger partial charge on any atom is 0.295 e. The molecule has 190 valence electrons. The highest BCUT2D eigenvalue weighted by Gasteiger charge is 2.38. The first-order valence-electron chi connectivity index (χ1n) is 11.7. The Bertz CT molecular complexity index is 1180. The second-order valence-electron chi connectivity index (χ2n) is 8.46. The molecular weight excluding hydrogens is 467 g/mol. The van der Waals surface area contributed by atoms with E-state index < -0.39 is 23.7 Å². The van der Waals surface area contributed by atoms with Gasteiger partial charge in [0.05, 0.1) is 33.3 Å². The Balaban J connectivity index is 1.92. The van der Waals surface area contributed by atoms with Crippen LogP contribution in [-0.4, -0.2) is 39.2 Å². The normalized spacial score (nSPS) is 14.2. The van der Waals surface area contributed by atoms with Crippen molar-refractivity contribution < 1.29 is 32.6 Å². The first-order chi connectivity index (χ1) is 17.5. The van der Waals surface area contributed by atoms with Gasteiger partial charge in [0.1, 0.15) is 11.9 Å². The number of benzene rings is 2. The van der Waals surface area contributed by atoms with E-state index in [-0.39, 0.29) is 17.5 Å². The highest BCUT2D eigenvalue weighted by molar-refractivity contribution is 6.08. The van der Waals surface area contributed by atoms with Gasteiger partial charge >= 0.3 is 0 Å². The van der Waals surface area contributed by atoms with E-state index in [1.54, 1.807) is 24.3 Å². The zero-order valence-corrected chi connectivity index (χ0v) is 20.5. The molecule has 9 heteroatoms. The van der Waals surface area contributed by atoms with Crippen molar-refractivity contribution in [2.75, 3.05) is 26.2 Å². The number of carbonyl (C=O) groups excluding carboxylic acids is 2. The molecule has 1 unspecified atom stereocenters. The van der Waals surface area contributed by atoms with Crippen molar-refractivity contribution in [2.24, 2.45) is 0 Å². The number of methoxy groups -OCH3 is 3. The molecule has 4 rings (SSSR count). The van der Waals surface area contributed by atoms with Gasteiger partial charge in [-0.1, -0.05) is 25.0 Å². The van der Waals surface area contributed by atoms with E-state index in [9.17, 15) is 9.59 Å². The second-order valence-corrected chi connectivity index (χ2v) is 8.46. The smallest absolute Gasteiger partial charge is 0.295 e. The minimum atomic E-state index is -1.27. The fourth-order valence-corrected chi connectivity index (χ4v) is 4.56. The molecule has 1 heterocycles. The highest BCUT2D eigenvalue weighted by atomic mass is 19.1. The second kappa shape index (κ2) is 11.2. The lowest BCUT2D eigenvalue weighted by Gasteiger charge is -2.32. The lowest BCUT2D eigenvalue weighted by Crippen LogP contribution is -2.46. The summed E-state index contributed by atoms with van der Waals surface area (Å²) in [5, 5.41) is 3.05. The molecule has 1 atom stereocenters. The van der Waals surface area contributed by atoms with Crippen molar-refractivity contribution in [1.29, 1.82) is 0 Å². The summed E-state index contributed by atoms with van der Waals surface area (Å²) in [6.45, 7) is 0. The lowest BCUT2D eigenvalue weighted by molar-refractivity contribution is -0.123. The van der Waals surface area contributed by atoms with Crippen molar-refractivity contribution >= 4 is 17.5 Å². The number of nitrogens with zero attached hydrogens (tertiary/aromatic N) is 1. The molecule has 1 fully saturated rings. The maximum atomic E-state index is 15.2. The molecule has 0 spiro atoms. The molecule has 1 aliphatic rings. The number of halogens is 1. The Morgan fingerprint density at radius 1 is 1.00 bits per heavy atom. The Morgan fingerprint density at radius 3 is 2.22 bits per heavy atom. The molecule has 8 nitrogen and oxygen atoms in total. The number of amides is 2. The number of hydrogen-bond donors (Lipinski definition) is 1. The summed E-state index contributed by atoms with van der Waals surface area (Å²) < 4.78 is 36.9. The van der Waals surface area contributed by atoms with E-state index in [4.69, 9.17) is 18.6 Å². The number of ether oxygens (including phenoxy) is 3. The Kier molecular flexibility index (Phi) is 7.77. The first kappa shape index (κ1) is 25.1. The van der Waals surface area contributed by atoms with Crippen molar-refractivity contribution in [3.63, 3.8) is 0 Å². The van der Waals surface area contributed by atoms with Gasteiger partial charge in [0, 0.05) is 6.04 Å². The predicted molar refractivity (Wildman–Crippen MR) is 131 cm³/mol. The molecule has 1 aromatic heterocycles. The van der Waals surface area contributed by atoms with E-state index in [0.717, 1.165) is 30.6 Å². The van der Waals surface area contributed by atoms with Gasteiger partial charge < -0.3 is 23.9 Å². The summed E-state index contributed by atoms with van der Waals surface area (Å²) in [6.07, 6.45) is 5.02. The van der Waals surface area contributed by atoms with E-state index >= 15 is 4.39 Å². The summed E-state index contributed by atoms with van der Waals surface area (Å²) in [5.74, 6) is -0.917. The quantitative estimate of drug-likeness (QED) is 0.454. The van der Waals surface area contributed by atoms with Crippen LogP contribution in [0.2, 0.25) is 0 Å². The predicted octanol–water partition coefficient (Wildman–Crippen LogP) is 4.89. The van der Waals surface area contributed by atoms with Crippen LogP contribution in [0.4, 0.5) is 10.1 Å². The molecule has 0 saturated heterocycles. The van der Waals surface area contributed by atoms with Gasteiger partial charge in [0.25, 0.3) is 5.91 Å². The standard InChI is InChI=1S/C27H29FN2O6/c1-33-22-15-17(16-23(34-2)25(22)35-3)24(26(31)29-18-9-4-5-10-18)30(20-12-7-6-11-19(20)28)27(32)21-13-8-14-36-21/h6-8,11-16,18,24H,4-5,9-10H2,1-3H3,(H,29,31). The fraction of sp³-hybridized carbons (Fsp3) is 0.333. The number of furan rings is 1. The van der Waals surface area contributed by atoms with Gasteiger partial charge in [-0.05, 0) is 54.8 Å². The molecule has 36 heavy (non-hydrogen) atoms.